The van der Waals surface area contributed by atoms with Crippen molar-refractivity contribution in [3.05, 3.63) is 48.0 Å². The second kappa shape index (κ2) is 6.27. The molecule has 0 bridgehead atoms. The smallest absolute Gasteiger partial charge is 0.241 e. The summed E-state index contributed by atoms with van der Waals surface area (Å²) in [5, 5.41) is 14.5. The number of nitrogens with one attached hydrogen (secondary N) is 2. The van der Waals surface area contributed by atoms with E-state index < -0.39 is 6.04 Å². The molecule has 2 atom stereocenters. The van der Waals surface area contributed by atoms with Gasteiger partial charge in [-0.25, -0.2) is 0 Å². The van der Waals surface area contributed by atoms with E-state index in [-0.39, 0.29) is 11.9 Å². The van der Waals surface area contributed by atoms with E-state index in [1.807, 2.05) is 48.9 Å². The zero-order valence-corrected chi connectivity index (χ0v) is 12.9. The van der Waals surface area contributed by atoms with Gasteiger partial charge in [0, 0.05) is 13.1 Å². The molecule has 22 heavy (non-hydrogen) atoms. The zero-order chi connectivity index (χ0) is 15.5. The van der Waals surface area contributed by atoms with Crippen molar-refractivity contribution < 1.29 is 4.79 Å². The van der Waals surface area contributed by atoms with E-state index in [2.05, 4.69) is 20.8 Å². The van der Waals surface area contributed by atoms with Crippen LogP contribution in [-0.4, -0.2) is 26.7 Å². The van der Waals surface area contributed by atoms with E-state index in [1.54, 1.807) is 6.33 Å². The number of hydrogen-bond acceptors (Lipinski definition) is 4. The number of aryl methyl sites for hydroxylation is 1. The maximum atomic E-state index is 12.6. The Morgan fingerprint density at radius 2 is 2.05 bits per heavy atom. The van der Waals surface area contributed by atoms with Crippen LogP contribution < -0.4 is 10.6 Å². The second-order valence-corrected chi connectivity index (χ2v) is 5.81. The van der Waals surface area contributed by atoms with Crippen LogP contribution in [0.5, 0.6) is 0 Å². The lowest BCUT2D eigenvalue weighted by Gasteiger charge is -2.22. The molecule has 0 spiro atoms. The standard InChI is InChI=1S/C16H21N5O/c1-11(15-20-17-10-21(15)2)18-14(12-6-4-3-5-7-12)16(22)19-13-8-9-13/h3-7,10-11,13-14,18H,8-9H2,1-2H3,(H,19,22)/t11-,14-/m1/s1. The summed E-state index contributed by atoms with van der Waals surface area (Å²) in [4.78, 5) is 12.6. The van der Waals surface area contributed by atoms with E-state index >= 15 is 0 Å². The fraction of sp³-hybridized carbons (Fsp3) is 0.438. The normalized spacial score (nSPS) is 17.0. The van der Waals surface area contributed by atoms with Crippen molar-refractivity contribution in [2.45, 2.75) is 37.9 Å². The fourth-order valence-electron chi connectivity index (χ4n) is 2.49. The Hall–Kier alpha value is -2.21. The average Bonchev–Trinajstić information content (AvgIpc) is 3.23. The SMILES string of the molecule is C[C@@H](N[C@@H](C(=O)NC1CC1)c1ccccc1)c1nncn1C. The lowest BCUT2D eigenvalue weighted by Crippen LogP contribution is -2.40. The molecule has 1 aliphatic rings. The summed E-state index contributed by atoms with van der Waals surface area (Å²) in [5.41, 5.74) is 0.953. The van der Waals surface area contributed by atoms with E-state index in [0.717, 1.165) is 24.2 Å². The van der Waals surface area contributed by atoms with Gasteiger partial charge in [-0.05, 0) is 25.3 Å². The number of aromatic nitrogens is 3. The number of nitrogens with zero attached hydrogens (tertiary/aromatic N) is 3. The molecular weight excluding hydrogens is 278 g/mol. The molecule has 1 aromatic heterocycles. The van der Waals surface area contributed by atoms with Crippen LogP contribution in [0.3, 0.4) is 0 Å². The number of carbonyl (C=O) groups is 1. The summed E-state index contributed by atoms with van der Waals surface area (Å²) in [7, 11) is 1.90. The lowest BCUT2D eigenvalue weighted by molar-refractivity contribution is -0.123. The lowest BCUT2D eigenvalue weighted by atomic mass is 10.0. The first-order valence-corrected chi connectivity index (χ1v) is 7.60. The molecule has 116 valence electrons. The Kier molecular flexibility index (Phi) is 4.20. The van der Waals surface area contributed by atoms with E-state index in [0.29, 0.717) is 6.04 Å². The Morgan fingerprint density at radius 1 is 1.32 bits per heavy atom. The molecule has 1 aliphatic carbocycles. The largest absolute Gasteiger partial charge is 0.352 e. The van der Waals surface area contributed by atoms with Gasteiger partial charge in [0.15, 0.2) is 0 Å². The molecule has 1 heterocycles. The highest BCUT2D eigenvalue weighted by Gasteiger charge is 2.29. The predicted molar refractivity (Wildman–Crippen MR) is 82.9 cm³/mol. The third-order valence-electron chi connectivity index (χ3n) is 3.87. The Balaban J connectivity index is 1.78. The third kappa shape index (κ3) is 3.33. The van der Waals surface area contributed by atoms with Crippen LogP contribution in [0, 0.1) is 0 Å². The third-order valence-corrected chi connectivity index (χ3v) is 3.87. The number of rotatable bonds is 6. The first-order chi connectivity index (χ1) is 10.6. The fourth-order valence-corrected chi connectivity index (χ4v) is 2.49. The molecule has 0 saturated heterocycles. The van der Waals surface area contributed by atoms with Crippen LogP contribution >= 0.6 is 0 Å². The van der Waals surface area contributed by atoms with Gasteiger partial charge in [-0.3, -0.25) is 10.1 Å². The Bertz CT molecular complexity index is 635. The minimum Gasteiger partial charge on any atom is -0.352 e. The van der Waals surface area contributed by atoms with E-state index in [1.165, 1.54) is 0 Å². The van der Waals surface area contributed by atoms with Crippen molar-refractivity contribution in [2.75, 3.05) is 0 Å². The summed E-state index contributed by atoms with van der Waals surface area (Å²) in [6.07, 6.45) is 3.81. The molecule has 0 radical (unpaired) electrons. The van der Waals surface area contributed by atoms with Crippen LogP contribution in [0.15, 0.2) is 36.7 Å². The summed E-state index contributed by atoms with van der Waals surface area (Å²) in [5.74, 6) is 0.822. The first kappa shape index (κ1) is 14.7. The molecule has 3 rings (SSSR count). The molecular formula is C16H21N5O. The highest BCUT2D eigenvalue weighted by Crippen LogP contribution is 2.23. The van der Waals surface area contributed by atoms with Crippen LogP contribution in [0.4, 0.5) is 0 Å². The van der Waals surface area contributed by atoms with Crippen LogP contribution in [0.25, 0.3) is 0 Å². The van der Waals surface area contributed by atoms with Gasteiger partial charge in [0.25, 0.3) is 0 Å². The topological polar surface area (TPSA) is 71.8 Å². The van der Waals surface area contributed by atoms with Gasteiger partial charge in [0.05, 0.1) is 6.04 Å². The Labute approximate surface area is 129 Å². The van der Waals surface area contributed by atoms with Crippen molar-refractivity contribution in [3.63, 3.8) is 0 Å². The molecule has 1 amide bonds. The minimum absolute atomic E-state index is 0.0164. The van der Waals surface area contributed by atoms with Crippen LogP contribution in [0.2, 0.25) is 0 Å². The van der Waals surface area contributed by atoms with Crippen LogP contribution in [0.1, 0.15) is 43.2 Å². The van der Waals surface area contributed by atoms with Gasteiger partial charge in [0.1, 0.15) is 18.2 Å². The van der Waals surface area contributed by atoms with Gasteiger partial charge >= 0.3 is 0 Å². The number of amides is 1. The second-order valence-electron chi connectivity index (χ2n) is 5.81. The van der Waals surface area contributed by atoms with Gasteiger partial charge in [-0.15, -0.1) is 10.2 Å². The number of benzene rings is 1. The maximum absolute atomic E-state index is 12.6. The van der Waals surface area contributed by atoms with E-state index in [9.17, 15) is 4.79 Å². The van der Waals surface area contributed by atoms with Gasteiger partial charge in [0.2, 0.25) is 5.91 Å². The highest BCUT2D eigenvalue weighted by atomic mass is 16.2. The van der Waals surface area contributed by atoms with Gasteiger partial charge in [-0.2, -0.15) is 0 Å². The monoisotopic (exact) mass is 299 g/mol. The summed E-state index contributed by atoms with van der Waals surface area (Å²) in [6, 6.07) is 9.64. The molecule has 0 unspecified atom stereocenters. The average molecular weight is 299 g/mol. The van der Waals surface area contributed by atoms with Crippen molar-refractivity contribution in [1.82, 2.24) is 25.4 Å². The molecule has 6 heteroatoms. The quantitative estimate of drug-likeness (QED) is 0.847. The van der Waals surface area contributed by atoms with Gasteiger partial charge in [-0.1, -0.05) is 30.3 Å². The molecule has 1 saturated carbocycles. The molecule has 1 aromatic carbocycles. The van der Waals surface area contributed by atoms with Gasteiger partial charge < -0.3 is 9.88 Å². The van der Waals surface area contributed by atoms with Crippen molar-refractivity contribution in [3.8, 4) is 0 Å². The Morgan fingerprint density at radius 3 is 2.64 bits per heavy atom. The van der Waals surface area contributed by atoms with Crippen LogP contribution in [-0.2, 0) is 11.8 Å². The number of hydrogen-bond donors (Lipinski definition) is 2. The molecule has 2 N–H and O–H groups in total. The first-order valence-electron chi connectivity index (χ1n) is 7.60. The minimum atomic E-state index is -0.395. The van der Waals surface area contributed by atoms with Crippen molar-refractivity contribution in [1.29, 1.82) is 0 Å². The highest BCUT2D eigenvalue weighted by molar-refractivity contribution is 5.83. The molecule has 0 aliphatic heterocycles. The van der Waals surface area contributed by atoms with Crippen molar-refractivity contribution in [2.24, 2.45) is 7.05 Å². The zero-order valence-electron chi connectivity index (χ0n) is 12.9. The van der Waals surface area contributed by atoms with E-state index in [4.69, 9.17) is 0 Å². The molecule has 6 nitrogen and oxygen atoms in total. The predicted octanol–water partition coefficient (Wildman–Crippen LogP) is 1.49. The van der Waals surface area contributed by atoms with Crippen molar-refractivity contribution >= 4 is 5.91 Å². The molecule has 2 aromatic rings. The summed E-state index contributed by atoms with van der Waals surface area (Å²) in [6.45, 7) is 1.99. The number of carbonyl (C=O) groups excluding carboxylic acids is 1. The summed E-state index contributed by atoms with van der Waals surface area (Å²) >= 11 is 0. The molecule has 1 fully saturated rings. The maximum Gasteiger partial charge on any atom is 0.241 e. The summed E-state index contributed by atoms with van der Waals surface area (Å²) < 4.78 is 1.86.